The monoisotopic (exact) mass is 356 g/mol. The normalized spacial score (nSPS) is 18.3. The summed E-state index contributed by atoms with van der Waals surface area (Å²) in [4.78, 5) is 15.3. The summed E-state index contributed by atoms with van der Waals surface area (Å²) in [6.07, 6.45) is 1.06. The Bertz CT molecular complexity index is 501. The van der Waals surface area contributed by atoms with E-state index in [4.69, 9.17) is 0 Å². The van der Waals surface area contributed by atoms with Crippen molar-refractivity contribution < 1.29 is 4.79 Å². The summed E-state index contributed by atoms with van der Waals surface area (Å²) in [5.74, 6) is 0.721. The Balaban J connectivity index is 1.94. The fourth-order valence-corrected chi connectivity index (χ4v) is 3.81. The molecule has 0 aromatic heterocycles. The van der Waals surface area contributed by atoms with E-state index >= 15 is 0 Å². The third-order valence-electron chi connectivity index (χ3n) is 3.78. The van der Waals surface area contributed by atoms with E-state index in [-0.39, 0.29) is 5.91 Å². The highest BCUT2D eigenvalue weighted by molar-refractivity contribution is 9.10. The van der Waals surface area contributed by atoms with Crippen molar-refractivity contribution in [2.24, 2.45) is 0 Å². The molecule has 0 spiro atoms. The van der Waals surface area contributed by atoms with Crippen molar-refractivity contribution in [3.8, 4) is 0 Å². The van der Waals surface area contributed by atoms with E-state index in [0.717, 1.165) is 24.0 Å². The van der Waals surface area contributed by atoms with Crippen LogP contribution in [0.5, 0.6) is 0 Å². The summed E-state index contributed by atoms with van der Waals surface area (Å²) in [6.45, 7) is 6.09. The predicted molar refractivity (Wildman–Crippen MR) is 88.4 cm³/mol. The van der Waals surface area contributed by atoms with Crippen LogP contribution in [0.3, 0.4) is 0 Å². The molecule has 1 N–H and O–H groups in total. The fraction of sp³-hybridized carbons (Fsp3) is 0.533. The summed E-state index contributed by atoms with van der Waals surface area (Å²) in [7, 11) is 1.92. The van der Waals surface area contributed by atoms with Gasteiger partial charge in [-0.3, -0.25) is 4.79 Å². The van der Waals surface area contributed by atoms with E-state index in [1.54, 1.807) is 11.8 Å². The molecule has 20 heavy (non-hydrogen) atoms. The van der Waals surface area contributed by atoms with Crippen LogP contribution in [0, 0.1) is 13.8 Å². The van der Waals surface area contributed by atoms with Crippen molar-refractivity contribution in [2.45, 2.75) is 31.2 Å². The average Bonchev–Trinajstić information content (AvgIpc) is 2.94. The molecule has 1 aliphatic rings. The van der Waals surface area contributed by atoms with Gasteiger partial charge in [-0.1, -0.05) is 15.9 Å². The van der Waals surface area contributed by atoms with Gasteiger partial charge in [-0.05, 0) is 50.1 Å². The molecule has 0 saturated carbocycles. The SMILES string of the molecule is Cc1cc(SCC(=O)N(C)C2CCNC2)c(C)cc1Br. The number of thioether (sulfide) groups is 1. The third kappa shape index (κ3) is 3.77. The van der Waals surface area contributed by atoms with Crippen LogP contribution in [0.25, 0.3) is 0 Å². The molecular formula is C15H21BrN2OS. The van der Waals surface area contributed by atoms with E-state index in [1.165, 1.54) is 16.0 Å². The lowest BCUT2D eigenvalue weighted by Gasteiger charge is -2.23. The summed E-state index contributed by atoms with van der Waals surface area (Å²) < 4.78 is 1.12. The van der Waals surface area contributed by atoms with Gasteiger partial charge in [0.25, 0.3) is 0 Å². The zero-order valence-corrected chi connectivity index (χ0v) is 14.6. The summed E-state index contributed by atoms with van der Waals surface area (Å²) in [5, 5.41) is 3.30. The molecule has 5 heteroatoms. The van der Waals surface area contributed by atoms with Crippen LogP contribution in [0.2, 0.25) is 0 Å². The van der Waals surface area contributed by atoms with Crippen LogP contribution in [0.15, 0.2) is 21.5 Å². The highest BCUT2D eigenvalue weighted by Crippen LogP contribution is 2.28. The number of nitrogens with zero attached hydrogens (tertiary/aromatic N) is 1. The summed E-state index contributed by atoms with van der Waals surface area (Å²) in [6, 6.07) is 4.62. The Morgan fingerprint density at radius 3 is 2.85 bits per heavy atom. The number of hydrogen-bond donors (Lipinski definition) is 1. The smallest absolute Gasteiger partial charge is 0.232 e. The fourth-order valence-electron chi connectivity index (χ4n) is 2.32. The van der Waals surface area contributed by atoms with Gasteiger partial charge in [-0.15, -0.1) is 11.8 Å². The van der Waals surface area contributed by atoms with Gasteiger partial charge in [0.2, 0.25) is 5.91 Å². The first-order chi connectivity index (χ1) is 9.49. The van der Waals surface area contributed by atoms with E-state index in [0.29, 0.717) is 11.8 Å². The predicted octanol–water partition coefficient (Wildman–Crippen LogP) is 2.98. The molecular weight excluding hydrogens is 336 g/mol. The van der Waals surface area contributed by atoms with Gasteiger partial charge in [0.05, 0.1) is 5.75 Å². The van der Waals surface area contributed by atoms with Gasteiger partial charge in [0.15, 0.2) is 0 Å². The molecule has 1 amide bonds. The first kappa shape index (κ1) is 15.9. The molecule has 1 unspecified atom stereocenters. The standard InChI is InChI=1S/C15H21BrN2OS/c1-10-7-14(11(2)6-13(10)16)20-9-15(19)18(3)12-4-5-17-8-12/h6-7,12,17H,4-5,8-9H2,1-3H3. The van der Waals surface area contributed by atoms with Gasteiger partial charge in [0, 0.05) is 29.0 Å². The number of halogens is 1. The first-order valence-corrected chi connectivity index (χ1v) is 8.63. The minimum Gasteiger partial charge on any atom is -0.341 e. The maximum Gasteiger partial charge on any atom is 0.232 e. The number of aryl methyl sites for hydroxylation is 2. The number of rotatable bonds is 4. The highest BCUT2D eigenvalue weighted by Gasteiger charge is 2.23. The zero-order valence-electron chi connectivity index (χ0n) is 12.2. The quantitative estimate of drug-likeness (QED) is 0.841. The van der Waals surface area contributed by atoms with Crippen molar-refractivity contribution >= 4 is 33.6 Å². The second kappa shape index (κ2) is 6.96. The molecule has 1 aromatic carbocycles. The third-order valence-corrected chi connectivity index (χ3v) is 5.78. The molecule has 1 heterocycles. The Labute approximate surface area is 133 Å². The Kier molecular flexibility index (Phi) is 5.52. The molecule has 0 aliphatic carbocycles. The van der Waals surface area contributed by atoms with Gasteiger partial charge in [-0.25, -0.2) is 0 Å². The second-order valence-corrected chi connectivity index (χ2v) is 7.18. The number of nitrogens with one attached hydrogen (secondary N) is 1. The molecule has 110 valence electrons. The Morgan fingerprint density at radius 1 is 1.45 bits per heavy atom. The first-order valence-electron chi connectivity index (χ1n) is 6.85. The van der Waals surface area contributed by atoms with Crippen molar-refractivity contribution in [3.05, 3.63) is 27.7 Å². The molecule has 3 nitrogen and oxygen atoms in total. The van der Waals surface area contributed by atoms with Crippen molar-refractivity contribution in [3.63, 3.8) is 0 Å². The van der Waals surface area contributed by atoms with Gasteiger partial charge >= 0.3 is 0 Å². The minimum atomic E-state index is 0.212. The molecule has 1 saturated heterocycles. The highest BCUT2D eigenvalue weighted by atomic mass is 79.9. The van der Waals surface area contributed by atoms with Gasteiger partial charge in [-0.2, -0.15) is 0 Å². The zero-order chi connectivity index (χ0) is 14.7. The maximum absolute atomic E-state index is 12.2. The van der Waals surface area contributed by atoms with Crippen molar-refractivity contribution in [1.29, 1.82) is 0 Å². The number of carbonyl (C=O) groups excluding carboxylic acids is 1. The van der Waals surface area contributed by atoms with Crippen LogP contribution in [0.1, 0.15) is 17.5 Å². The largest absolute Gasteiger partial charge is 0.341 e. The van der Waals surface area contributed by atoms with Crippen LogP contribution in [-0.4, -0.2) is 42.7 Å². The second-order valence-electron chi connectivity index (χ2n) is 5.31. The van der Waals surface area contributed by atoms with Crippen LogP contribution in [-0.2, 0) is 4.79 Å². The van der Waals surface area contributed by atoms with Gasteiger partial charge in [0.1, 0.15) is 0 Å². The molecule has 0 radical (unpaired) electrons. The topological polar surface area (TPSA) is 32.3 Å². The van der Waals surface area contributed by atoms with E-state index < -0.39 is 0 Å². The van der Waals surface area contributed by atoms with Crippen molar-refractivity contribution in [2.75, 3.05) is 25.9 Å². The number of hydrogen-bond acceptors (Lipinski definition) is 3. The lowest BCUT2D eigenvalue weighted by Crippen LogP contribution is -2.39. The van der Waals surface area contributed by atoms with E-state index in [2.05, 4.69) is 47.2 Å². The molecule has 1 fully saturated rings. The van der Waals surface area contributed by atoms with E-state index in [9.17, 15) is 4.79 Å². The average molecular weight is 357 g/mol. The van der Waals surface area contributed by atoms with Crippen LogP contribution < -0.4 is 5.32 Å². The van der Waals surface area contributed by atoms with Crippen molar-refractivity contribution in [1.82, 2.24) is 10.2 Å². The molecule has 1 atom stereocenters. The summed E-state index contributed by atoms with van der Waals surface area (Å²) >= 11 is 5.17. The Hall–Kier alpha value is -0.520. The minimum absolute atomic E-state index is 0.212. The summed E-state index contributed by atoms with van der Waals surface area (Å²) in [5.41, 5.74) is 2.42. The van der Waals surface area contributed by atoms with E-state index in [1.807, 2.05) is 11.9 Å². The molecule has 1 aromatic rings. The number of likely N-dealkylation sites (N-methyl/N-ethyl adjacent to an activating group) is 1. The van der Waals surface area contributed by atoms with Gasteiger partial charge < -0.3 is 10.2 Å². The molecule has 2 rings (SSSR count). The lowest BCUT2D eigenvalue weighted by molar-refractivity contribution is -0.128. The van der Waals surface area contributed by atoms with Crippen LogP contribution >= 0.6 is 27.7 Å². The Morgan fingerprint density at radius 2 is 2.20 bits per heavy atom. The number of amides is 1. The van der Waals surface area contributed by atoms with Crippen LogP contribution in [0.4, 0.5) is 0 Å². The number of carbonyl (C=O) groups is 1. The molecule has 0 bridgehead atoms. The lowest BCUT2D eigenvalue weighted by atomic mass is 10.2. The maximum atomic E-state index is 12.2. The number of benzene rings is 1. The molecule has 1 aliphatic heterocycles.